The van der Waals surface area contributed by atoms with E-state index in [1.807, 2.05) is 24.3 Å². The van der Waals surface area contributed by atoms with Crippen molar-refractivity contribution in [2.75, 3.05) is 5.73 Å². The van der Waals surface area contributed by atoms with Gasteiger partial charge in [-0.2, -0.15) is 0 Å². The van der Waals surface area contributed by atoms with Crippen LogP contribution >= 0.6 is 23.2 Å². The van der Waals surface area contributed by atoms with Gasteiger partial charge in [-0.1, -0.05) is 35.3 Å². The molecule has 0 aliphatic carbocycles. The van der Waals surface area contributed by atoms with Crippen molar-refractivity contribution in [3.63, 3.8) is 0 Å². The predicted octanol–water partition coefficient (Wildman–Crippen LogP) is 5.17. The van der Waals surface area contributed by atoms with Crippen LogP contribution in [0.25, 0.3) is 22.4 Å². The number of hydrogen-bond donors (Lipinski definition) is 1. The first kappa shape index (κ1) is 14.2. The maximum atomic E-state index is 6.35. The largest absolute Gasteiger partial charge is 0.397 e. The Balaban J connectivity index is 2.41. The van der Waals surface area contributed by atoms with Gasteiger partial charge in [-0.3, -0.25) is 0 Å². The summed E-state index contributed by atoms with van der Waals surface area (Å²) in [7, 11) is 0. The average molecular weight is 320 g/mol. The number of nitrogens with two attached hydrogens (primary N) is 1. The summed E-state index contributed by atoms with van der Waals surface area (Å²) in [5.41, 5.74) is 9.25. The average Bonchev–Trinajstić information content (AvgIpc) is 2.82. The minimum atomic E-state index is 0.224. The van der Waals surface area contributed by atoms with Gasteiger partial charge in [0.1, 0.15) is 5.82 Å². The van der Waals surface area contributed by atoms with E-state index in [1.165, 1.54) is 0 Å². The lowest BCUT2D eigenvalue weighted by Gasteiger charge is -2.15. The van der Waals surface area contributed by atoms with E-state index in [9.17, 15) is 0 Å². The summed E-state index contributed by atoms with van der Waals surface area (Å²) in [6.07, 6.45) is 0. The van der Waals surface area contributed by atoms with E-state index < -0.39 is 0 Å². The molecule has 0 bridgehead atoms. The van der Waals surface area contributed by atoms with Crippen LogP contribution < -0.4 is 5.73 Å². The third-order valence-electron chi connectivity index (χ3n) is 3.48. The third-order valence-corrected chi connectivity index (χ3v) is 4.12. The number of aromatic nitrogens is 2. The molecule has 0 spiro atoms. The molecule has 1 heterocycles. The molecule has 0 unspecified atom stereocenters. The second kappa shape index (κ2) is 5.24. The number of benzene rings is 2. The van der Waals surface area contributed by atoms with Crippen molar-refractivity contribution in [2.24, 2.45) is 0 Å². The second-order valence-corrected chi connectivity index (χ2v) is 6.02. The van der Waals surface area contributed by atoms with Crippen LogP contribution in [0.3, 0.4) is 0 Å². The van der Waals surface area contributed by atoms with Gasteiger partial charge in [0.25, 0.3) is 0 Å². The minimum absolute atomic E-state index is 0.224. The van der Waals surface area contributed by atoms with Crippen molar-refractivity contribution in [3.8, 4) is 11.4 Å². The quantitative estimate of drug-likeness (QED) is 0.662. The zero-order valence-corrected chi connectivity index (χ0v) is 13.3. The number of rotatable bonds is 2. The number of halogens is 2. The van der Waals surface area contributed by atoms with Gasteiger partial charge in [-0.15, -0.1) is 0 Å². The standard InChI is InChI=1S/C16H15Cl2N3/c1-9(2)21-13-6-4-3-5-12(13)20-16(21)14-10(17)7-8-11(18)15(14)19/h3-9H,19H2,1-2H3. The summed E-state index contributed by atoms with van der Waals surface area (Å²) < 4.78 is 2.13. The number of nitrogens with zero attached hydrogens (tertiary/aromatic N) is 2. The van der Waals surface area contributed by atoms with Crippen LogP contribution in [-0.2, 0) is 0 Å². The topological polar surface area (TPSA) is 43.8 Å². The van der Waals surface area contributed by atoms with Crippen LogP contribution in [0, 0.1) is 0 Å². The van der Waals surface area contributed by atoms with Gasteiger partial charge < -0.3 is 10.3 Å². The molecule has 21 heavy (non-hydrogen) atoms. The number of nitrogen functional groups attached to an aromatic ring is 1. The van der Waals surface area contributed by atoms with Gasteiger partial charge >= 0.3 is 0 Å². The predicted molar refractivity (Wildman–Crippen MR) is 90.0 cm³/mol. The highest BCUT2D eigenvalue weighted by atomic mass is 35.5. The summed E-state index contributed by atoms with van der Waals surface area (Å²) in [6.45, 7) is 4.21. The Labute approximate surface area is 133 Å². The van der Waals surface area contributed by atoms with Crippen molar-refractivity contribution < 1.29 is 0 Å². The van der Waals surface area contributed by atoms with E-state index in [-0.39, 0.29) is 6.04 Å². The Morgan fingerprint density at radius 3 is 2.43 bits per heavy atom. The fourth-order valence-corrected chi connectivity index (χ4v) is 2.95. The highest BCUT2D eigenvalue weighted by molar-refractivity contribution is 6.37. The van der Waals surface area contributed by atoms with Crippen LogP contribution in [0.5, 0.6) is 0 Å². The van der Waals surface area contributed by atoms with Gasteiger partial charge in [0.15, 0.2) is 0 Å². The molecule has 0 fully saturated rings. The summed E-state index contributed by atoms with van der Waals surface area (Å²) in [6, 6.07) is 11.7. The maximum absolute atomic E-state index is 6.35. The molecule has 0 aliphatic rings. The fraction of sp³-hybridized carbons (Fsp3) is 0.188. The lowest BCUT2D eigenvalue weighted by molar-refractivity contribution is 0.624. The molecule has 0 atom stereocenters. The fourth-order valence-electron chi connectivity index (χ4n) is 2.54. The highest BCUT2D eigenvalue weighted by Gasteiger charge is 2.20. The SMILES string of the molecule is CC(C)n1c(-c2c(Cl)ccc(Cl)c2N)nc2ccccc21. The zero-order valence-electron chi connectivity index (χ0n) is 11.8. The lowest BCUT2D eigenvalue weighted by atomic mass is 10.1. The Morgan fingerprint density at radius 1 is 1.05 bits per heavy atom. The Hall–Kier alpha value is -1.71. The molecule has 3 nitrogen and oxygen atoms in total. The number of fused-ring (bicyclic) bond motifs is 1. The van der Waals surface area contributed by atoms with E-state index in [4.69, 9.17) is 33.9 Å². The molecule has 3 rings (SSSR count). The zero-order chi connectivity index (χ0) is 15.1. The maximum Gasteiger partial charge on any atom is 0.145 e. The molecule has 3 aromatic rings. The Morgan fingerprint density at radius 2 is 1.71 bits per heavy atom. The Kier molecular flexibility index (Phi) is 3.56. The van der Waals surface area contributed by atoms with Crippen LogP contribution in [0.1, 0.15) is 19.9 Å². The normalized spacial score (nSPS) is 11.5. The Bertz CT molecular complexity index is 822. The van der Waals surface area contributed by atoms with Crippen LogP contribution in [0.4, 0.5) is 5.69 Å². The van der Waals surface area contributed by atoms with Crippen molar-refractivity contribution in [1.29, 1.82) is 0 Å². The molecule has 0 saturated carbocycles. The van der Waals surface area contributed by atoms with E-state index in [0.717, 1.165) is 16.9 Å². The van der Waals surface area contributed by atoms with Gasteiger partial charge in [0, 0.05) is 6.04 Å². The van der Waals surface area contributed by atoms with E-state index in [2.05, 4.69) is 18.4 Å². The lowest BCUT2D eigenvalue weighted by Crippen LogP contribution is -2.05. The molecule has 0 radical (unpaired) electrons. The number of hydrogen-bond acceptors (Lipinski definition) is 2. The van der Waals surface area contributed by atoms with Crippen molar-refractivity contribution in [3.05, 3.63) is 46.4 Å². The molecule has 108 valence electrons. The first-order chi connectivity index (χ1) is 10.0. The molecule has 5 heteroatoms. The monoisotopic (exact) mass is 319 g/mol. The van der Waals surface area contributed by atoms with E-state index in [1.54, 1.807) is 12.1 Å². The molecule has 0 amide bonds. The van der Waals surface area contributed by atoms with Gasteiger partial charge in [0.2, 0.25) is 0 Å². The van der Waals surface area contributed by atoms with Gasteiger partial charge in [-0.05, 0) is 38.1 Å². The summed E-state index contributed by atoms with van der Waals surface area (Å²) in [5.74, 6) is 0.746. The smallest absolute Gasteiger partial charge is 0.145 e. The summed E-state index contributed by atoms with van der Waals surface area (Å²) >= 11 is 12.5. The number of para-hydroxylation sites is 2. The molecule has 1 aromatic heterocycles. The molecule has 0 saturated heterocycles. The summed E-state index contributed by atoms with van der Waals surface area (Å²) in [5, 5.41) is 1.03. The van der Waals surface area contributed by atoms with E-state index >= 15 is 0 Å². The second-order valence-electron chi connectivity index (χ2n) is 5.21. The van der Waals surface area contributed by atoms with Crippen LogP contribution in [-0.4, -0.2) is 9.55 Å². The van der Waals surface area contributed by atoms with Crippen LogP contribution in [0.2, 0.25) is 10.0 Å². The first-order valence-electron chi connectivity index (χ1n) is 6.71. The molecular weight excluding hydrogens is 305 g/mol. The van der Waals surface area contributed by atoms with Crippen LogP contribution in [0.15, 0.2) is 36.4 Å². The third kappa shape index (κ3) is 2.27. The molecular formula is C16H15Cl2N3. The number of anilines is 1. The van der Waals surface area contributed by atoms with Crippen molar-refractivity contribution in [1.82, 2.24) is 9.55 Å². The van der Waals surface area contributed by atoms with E-state index in [0.29, 0.717) is 21.3 Å². The minimum Gasteiger partial charge on any atom is -0.397 e. The molecule has 2 aromatic carbocycles. The van der Waals surface area contributed by atoms with Crippen molar-refractivity contribution in [2.45, 2.75) is 19.9 Å². The molecule has 2 N–H and O–H groups in total. The van der Waals surface area contributed by atoms with Crippen molar-refractivity contribution >= 4 is 39.9 Å². The van der Waals surface area contributed by atoms with Gasteiger partial charge in [0.05, 0.1) is 32.3 Å². The first-order valence-corrected chi connectivity index (χ1v) is 7.47. The van der Waals surface area contributed by atoms with Gasteiger partial charge in [-0.25, -0.2) is 4.98 Å². The summed E-state index contributed by atoms with van der Waals surface area (Å²) in [4.78, 5) is 4.71. The molecule has 0 aliphatic heterocycles. The highest BCUT2D eigenvalue weighted by Crippen LogP contribution is 2.39. The number of imidazole rings is 1.